The van der Waals surface area contributed by atoms with Crippen molar-refractivity contribution in [2.45, 2.75) is 13.1 Å². The second kappa shape index (κ2) is 9.45. The van der Waals surface area contributed by atoms with Crippen LogP contribution in [0.15, 0.2) is 78.9 Å². The molecule has 0 saturated heterocycles. The van der Waals surface area contributed by atoms with Gasteiger partial charge in [-0.25, -0.2) is 9.36 Å². The third-order valence-corrected chi connectivity index (χ3v) is 7.07. The van der Waals surface area contributed by atoms with Gasteiger partial charge in [-0.3, -0.25) is 4.98 Å². The lowest BCUT2D eigenvalue weighted by Gasteiger charge is -2.07. The Morgan fingerprint density at radius 1 is 0.562 bits per heavy atom. The van der Waals surface area contributed by atoms with Gasteiger partial charge in [0.2, 0.25) is 0 Å². The predicted octanol–water partition coefficient (Wildman–Crippen LogP) is 4.90. The van der Waals surface area contributed by atoms with Crippen molar-refractivity contribution in [3.8, 4) is 22.5 Å². The summed E-state index contributed by atoms with van der Waals surface area (Å²) < 4.78 is 5.72. The molecule has 2 aromatic carbocycles. The third-order valence-electron chi connectivity index (χ3n) is 4.93. The van der Waals surface area contributed by atoms with Gasteiger partial charge >= 0.3 is 0 Å². The summed E-state index contributed by atoms with van der Waals surface area (Å²) in [5.41, 5.74) is 5.72. The van der Waals surface area contributed by atoms with Crippen LogP contribution >= 0.6 is 45.2 Å². The van der Waals surface area contributed by atoms with Crippen LogP contribution in [0.2, 0.25) is 0 Å². The highest BCUT2D eigenvalue weighted by Gasteiger charge is 2.15. The van der Waals surface area contributed by atoms with Crippen molar-refractivity contribution in [1.82, 2.24) is 35.0 Å². The lowest BCUT2D eigenvalue weighted by Crippen LogP contribution is -2.10. The van der Waals surface area contributed by atoms with Gasteiger partial charge in [0.25, 0.3) is 0 Å². The maximum Gasteiger partial charge on any atom is 0.128 e. The number of halogens is 2. The second-order valence-corrected chi connectivity index (χ2v) is 9.17. The van der Waals surface area contributed by atoms with Gasteiger partial charge in [0, 0.05) is 11.1 Å². The van der Waals surface area contributed by atoms with Gasteiger partial charge in [0.1, 0.15) is 18.8 Å². The van der Waals surface area contributed by atoms with E-state index in [-0.39, 0.29) is 0 Å². The Morgan fingerprint density at radius 2 is 1.00 bits per heavy atom. The highest BCUT2D eigenvalue weighted by atomic mass is 127. The molecule has 3 heterocycles. The standard InChI is InChI=1S/C23H17I2N7/c24-22-20(16-8-3-1-4-9-16)27-29-31(22)14-18-12-7-13-19(26-18)15-32-23(25)21(28-30-32)17-10-5-2-6-11-17/h1-13H,14-15H2. The van der Waals surface area contributed by atoms with E-state index >= 15 is 0 Å². The van der Waals surface area contributed by atoms with Crippen LogP contribution < -0.4 is 0 Å². The molecule has 7 nitrogen and oxygen atoms in total. The van der Waals surface area contributed by atoms with Gasteiger partial charge in [-0.2, -0.15) is 0 Å². The van der Waals surface area contributed by atoms with Gasteiger partial charge < -0.3 is 0 Å². The van der Waals surface area contributed by atoms with Gasteiger partial charge in [0.15, 0.2) is 0 Å². The van der Waals surface area contributed by atoms with Crippen LogP contribution in [-0.2, 0) is 13.1 Å². The summed E-state index contributed by atoms with van der Waals surface area (Å²) in [6.07, 6.45) is 0. The van der Waals surface area contributed by atoms with E-state index in [9.17, 15) is 0 Å². The van der Waals surface area contributed by atoms with E-state index in [1.54, 1.807) is 0 Å². The summed E-state index contributed by atoms with van der Waals surface area (Å²) in [5.74, 6) is 0. The Balaban J connectivity index is 1.35. The zero-order valence-electron chi connectivity index (χ0n) is 16.8. The van der Waals surface area contributed by atoms with E-state index in [1.165, 1.54) is 0 Å². The van der Waals surface area contributed by atoms with Crippen LogP contribution in [0.3, 0.4) is 0 Å². The van der Waals surface area contributed by atoms with Crippen molar-refractivity contribution in [3.63, 3.8) is 0 Å². The van der Waals surface area contributed by atoms with Crippen LogP contribution in [0.5, 0.6) is 0 Å². The molecule has 0 N–H and O–H groups in total. The molecule has 0 bridgehead atoms. The average Bonchev–Trinajstić information content (AvgIpc) is 3.38. The molecule has 0 amide bonds. The molecule has 0 radical (unpaired) electrons. The highest BCUT2D eigenvalue weighted by Crippen LogP contribution is 2.24. The number of hydrogen-bond acceptors (Lipinski definition) is 5. The summed E-state index contributed by atoms with van der Waals surface area (Å²) >= 11 is 4.59. The maximum atomic E-state index is 4.83. The molecular formula is C23H17I2N7. The second-order valence-electron chi connectivity index (χ2n) is 7.13. The van der Waals surface area contributed by atoms with Crippen molar-refractivity contribution in [3.05, 3.63) is 97.7 Å². The molecule has 0 fully saturated rings. The van der Waals surface area contributed by atoms with Crippen molar-refractivity contribution in [1.29, 1.82) is 0 Å². The molecule has 5 rings (SSSR count). The first-order valence-electron chi connectivity index (χ1n) is 9.92. The number of hydrogen-bond donors (Lipinski definition) is 0. The van der Waals surface area contributed by atoms with Gasteiger partial charge in [-0.1, -0.05) is 77.2 Å². The molecule has 0 aliphatic rings. The molecule has 3 aromatic heterocycles. The lowest BCUT2D eigenvalue weighted by molar-refractivity contribution is 0.606. The van der Waals surface area contributed by atoms with Gasteiger partial charge in [-0.15, -0.1) is 10.2 Å². The van der Waals surface area contributed by atoms with Crippen LogP contribution in [0.1, 0.15) is 11.4 Å². The minimum absolute atomic E-state index is 0.551. The SMILES string of the molecule is Ic1c(-c2ccccc2)nnn1Cc1cccc(Cn2nnc(-c3ccccc3)c2I)n1. The van der Waals surface area contributed by atoms with Crippen LogP contribution in [0, 0.1) is 7.40 Å². The number of pyridine rings is 1. The maximum absolute atomic E-state index is 4.83. The lowest BCUT2D eigenvalue weighted by atomic mass is 10.2. The van der Waals surface area contributed by atoms with E-state index in [0.717, 1.165) is 41.3 Å². The number of benzene rings is 2. The molecular weight excluding hydrogens is 628 g/mol. The summed E-state index contributed by atoms with van der Waals surface area (Å²) in [7, 11) is 0. The molecule has 158 valence electrons. The van der Waals surface area contributed by atoms with E-state index in [2.05, 4.69) is 65.8 Å². The summed E-state index contributed by atoms with van der Waals surface area (Å²) in [6, 6.07) is 26.2. The topological polar surface area (TPSA) is 74.3 Å². The van der Waals surface area contributed by atoms with Gasteiger partial charge in [0.05, 0.1) is 24.5 Å². The highest BCUT2D eigenvalue weighted by molar-refractivity contribution is 14.1. The zero-order valence-corrected chi connectivity index (χ0v) is 21.1. The molecule has 0 aliphatic carbocycles. The summed E-state index contributed by atoms with van der Waals surface area (Å²) in [6.45, 7) is 1.10. The fourth-order valence-corrected chi connectivity index (χ4v) is 4.74. The quantitative estimate of drug-likeness (QED) is 0.246. The first-order valence-corrected chi connectivity index (χ1v) is 12.1. The average molecular weight is 645 g/mol. The first kappa shape index (κ1) is 21.2. The van der Waals surface area contributed by atoms with E-state index in [4.69, 9.17) is 4.98 Å². The number of nitrogens with zero attached hydrogens (tertiary/aromatic N) is 7. The van der Waals surface area contributed by atoms with Crippen molar-refractivity contribution >= 4 is 45.2 Å². The van der Waals surface area contributed by atoms with E-state index < -0.39 is 0 Å². The molecule has 0 spiro atoms. The van der Waals surface area contributed by atoms with Crippen molar-refractivity contribution in [2.24, 2.45) is 0 Å². The van der Waals surface area contributed by atoms with Crippen LogP contribution in [0.4, 0.5) is 0 Å². The van der Waals surface area contributed by atoms with Crippen molar-refractivity contribution < 1.29 is 0 Å². The Morgan fingerprint density at radius 3 is 1.44 bits per heavy atom. The van der Waals surface area contributed by atoms with E-state index in [0.29, 0.717) is 13.1 Å². The molecule has 0 atom stereocenters. The Hall–Kier alpha value is -2.67. The fourth-order valence-electron chi connectivity index (χ4n) is 3.36. The Labute approximate surface area is 212 Å². The van der Waals surface area contributed by atoms with Crippen LogP contribution in [0.25, 0.3) is 22.5 Å². The predicted molar refractivity (Wildman–Crippen MR) is 139 cm³/mol. The van der Waals surface area contributed by atoms with Gasteiger partial charge in [-0.05, 0) is 57.3 Å². The molecule has 5 aromatic rings. The Bertz CT molecular complexity index is 1250. The Kier molecular flexibility index (Phi) is 6.26. The van der Waals surface area contributed by atoms with Crippen LogP contribution in [-0.4, -0.2) is 35.0 Å². The van der Waals surface area contributed by atoms with E-state index in [1.807, 2.05) is 88.2 Å². The molecule has 0 unspecified atom stereocenters. The summed E-state index contributed by atoms with van der Waals surface area (Å²) in [5, 5.41) is 17.4. The minimum atomic E-state index is 0.551. The number of rotatable bonds is 6. The smallest absolute Gasteiger partial charge is 0.128 e. The molecule has 9 heteroatoms. The zero-order chi connectivity index (χ0) is 21.9. The molecule has 32 heavy (non-hydrogen) atoms. The monoisotopic (exact) mass is 645 g/mol. The minimum Gasteiger partial charge on any atom is -0.254 e. The van der Waals surface area contributed by atoms with Crippen molar-refractivity contribution in [2.75, 3.05) is 0 Å². The summed E-state index contributed by atoms with van der Waals surface area (Å²) in [4.78, 5) is 4.83. The molecule has 0 aliphatic heterocycles. The molecule has 0 saturated carbocycles. The normalized spacial score (nSPS) is 11.1. The fraction of sp³-hybridized carbons (Fsp3) is 0.0870. The third kappa shape index (κ3) is 4.44. The largest absolute Gasteiger partial charge is 0.254 e. The number of aromatic nitrogens is 7. The first-order chi connectivity index (χ1) is 15.7.